The highest BCUT2D eigenvalue weighted by molar-refractivity contribution is 5.83. The molecule has 2 unspecified atom stereocenters. The van der Waals surface area contributed by atoms with Crippen molar-refractivity contribution >= 4 is 12.0 Å². The van der Waals surface area contributed by atoms with E-state index in [9.17, 15) is 14.7 Å². The number of nitrogens with one attached hydrogen (secondary N) is 1. The molecule has 0 aliphatic heterocycles. The Hall–Kier alpha value is -2.08. The highest BCUT2D eigenvalue weighted by Gasteiger charge is 2.37. The van der Waals surface area contributed by atoms with E-state index in [0.29, 0.717) is 0 Å². The molecule has 2 amide bonds. The summed E-state index contributed by atoms with van der Waals surface area (Å²) in [5, 5.41) is 12.8. The second kappa shape index (κ2) is 7.08. The van der Waals surface area contributed by atoms with E-state index in [2.05, 4.69) is 5.32 Å². The van der Waals surface area contributed by atoms with Crippen molar-refractivity contribution in [1.82, 2.24) is 5.32 Å². The van der Waals surface area contributed by atoms with Crippen LogP contribution in [-0.4, -0.2) is 29.3 Å². The normalized spacial score (nSPS) is 14.1. The molecule has 0 radical (unpaired) electrons. The summed E-state index contributed by atoms with van der Waals surface area (Å²) in [4.78, 5) is 23.1. The van der Waals surface area contributed by atoms with Gasteiger partial charge in [0.15, 0.2) is 0 Å². The fourth-order valence-corrected chi connectivity index (χ4v) is 1.73. The number of primary amides is 1. The Labute approximate surface area is 124 Å². The Bertz CT molecular complexity index is 482. The van der Waals surface area contributed by atoms with Crippen molar-refractivity contribution in [2.45, 2.75) is 39.5 Å². The second-order valence-electron chi connectivity index (χ2n) is 5.87. The Morgan fingerprint density at radius 1 is 1.29 bits per heavy atom. The number of amides is 2. The molecule has 116 valence electrons. The van der Waals surface area contributed by atoms with Crippen molar-refractivity contribution < 1.29 is 19.4 Å². The van der Waals surface area contributed by atoms with E-state index in [4.69, 9.17) is 10.5 Å². The van der Waals surface area contributed by atoms with Crippen molar-refractivity contribution in [3.05, 3.63) is 35.9 Å². The molecule has 0 fully saturated rings. The molecule has 1 aromatic rings. The van der Waals surface area contributed by atoms with Gasteiger partial charge in [-0.2, -0.15) is 0 Å². The number of aliphatic hydroxyl groups is 1. The third-order valence-electron chi connectivity index (χ3n) is 2.99. The Morgan fingerprint density at radius 3 is 2.33 bits per heavy atom. The van der Waals surface area contributed by atoms with Crippen LogP contribution in [0.3, 0.4) is 0 Å². The molecule has 0 heterocycles. The summed E-state index contributed by atoms with van der Waals surface area (Å²) in [5.41, 5.74) is 5.23. The third kappa shape index (κ3) is 5.43. The van der Waals surface area contributed by atoms with Crippen LogP contribution in [0.5, 0.6) is 0 Å². The number of ether oxygens (including phenoxy) is 1. The van der Waals surface area contributed by atoms with Gasteiger partial charge in [0.25, 0.3) is 5.91 Å². The first kappa shape index (κ1) is 17.0. The van der Waals surface area contributed by atoms with E-state index >= 15 is 0 Å². The van der Waals surface area contributed by atoms with Crippen LogP contribution < -0.4 is 11.1 Å². The number of benzene rings is 1. The van der Waals surface area contributed by atoms with Gasteiger partial charge in [-0.3, -0.25) is 4.79 Å². The highest BCUT2D eigenvalue weighted by Crippen LogP contribution is 2.23. The van der Waals surface area contributed by atoms with Crippen LogP contribution in [0.1, 0.15) is 26.3 Å². The zero-order valence-electron chi connectivity index (χ0n) is 12.5. The Balaban J connectivity index is 2.74. The minimum atomic E-state index is -1.34. The molecule has 1 rings (SSSR count). The maximum Gasteiger partial charge on any atom is 0.405 e. The largest absolute Gasteiger partial charge is 0.433 e. The lowest BCUT2D eigenvalue weighted by molar-refractivity contribution is -0.140. The Morgan fingerprint density at radius 2 is 1.86 bits per heavy atom. The zero-order valence-corrected chi connectivity index (χ0v) is 12.5. The van der Waals surface area contributed by atoms with Gasteiger partial charge in [0.05, 0.1) is 0 Å². The van der Waals surface area contributed by atoms with E-state index < -0.39 is 29.6 Å². The van der Waals surface area contributed by atoms with Gasteiger partial charge in [0.2, 0.25) is 6.10 Å². The first-order valence-corrected chi connectivity index (χ1v) is 6.67. The summed E-state index contributed by atoms with van der Waals surface area (Å²) in [6.45, 7) is 5.48. The minimum Gasteiger partial charge on any atom is -0.433 e. The van der Waals surface area contributed by atoms with Gasteiger partial charge in [-0.15, -0.1) is 0 Å². The van der Waals surface area contributed by atoms with Crippen molar-refractivity contribution in [2.24, 2.45) is 11.1 Å². The standard InChI is InChI=1S/C15H22N2O4/c1-15(2,3)12(18)11(21-14(16)20)13(19)17-9-10-7-5-4-6-8-10/h4-8,11-12,18H,9H2,1-3H3,(H2,16,20)(H,17,19). The van der Waals surface area contributed by atoms with Crippen molar-refractivity contribution in [3.63, 3.8) is 0 Å². The van der Waals surface area contributed by atoms with Crippen LogP contribution in [0.4, 0.5) is 4.79 Å². The van der Waals surface area contributed by atoms with Gasteiger partial charge in [0, 0.05) is 6.54 Å². The predicted molar refractivity (Wildman–Crippen MR) is 78.2 cm³/mol. The van der Waals surface area contributed by atoms with Crippen molar-refractivity contribution in [1.29, 1.82) is 0 Å². The summed E-state index contributed by atoms with van der Waals surface area (Å²) in [6, 6.07) is 9.27. The fourth-order valence-electron chi connectivity index (χ4n) is 1.73. The van der Waals surface area contributed by atoms with Crippen LogP contribution in [0.2, 0.25) is 0 Å². The van der Waals surface area contributed by atoms with E-state index in [-0.39, 0.29) is 6.54 Å². The number of aliphatic hydroxyl groups excluding tert-OH is 1. The van der Waals surface area contributed by atoms with Gasteiger partial charge in [-0.1, -0.05) is 51.1 Å². The summed E-state index contributed by atoms with van der Waals surface area (Å²) in [6.07, 6.45) is -3.61. The lowest BCUT2D eigenvalue weighted by atomic mass is 9.85. The summed E-state index contributed by atoms with van der Waals surface area (Å²) < 4.78 is 4.77. The number of carbonyl (C=O) groups excluding carboxylic acids is 2. The summed E-state index contributed by atoms with van der Waals surface area (Å²) in [7, 11) is 0. The lowest BCUT2D eigenvalue weighted by Crippen LogP contribution is -2.50. The molecule has 6 heteroatoms. The fraction of sp³-hybridized carbons (Fsp3) is 0.467. The summed E-state index contributed by atoms with van der Waals surface area (Å²) in [5.74, 6) is -0.583. The van der Waals surface area contributed by atoms with Crippen LogP contribution in [-0.2, 0) is 16.1 Å². The molecular formula is C15H22N2O4. The van der Waals surface area contributed by atoms with E-state index in [1.165, 1.54) is 0 Å². The predicted octanol–water partition coefficient (Wildman–Crippen LogP) is 1.17. The molecule has 0 saturated heterocycles. The maximum absolute atomic E-state index is 12.1. The molecule has 0 spiro atoms. The van der Waals surface area contributed by atoms with Gasteiger partial charge < -0.3 is 20.9 Å². The van der Waals surface area contributed by atoms with Crippen LogP contribution >= 0.6 is 0 Å². The van der Waals surface area contributed by atoms with Crippen LogP contribution in [0, 0.1) is 5.41 Å². The number of carbonyl (C=O) groups is 2. The number of hydrogen-bond donors (Lipinski definition) is 3. The number of rotatable bonds is 5. The first-order valence-electron chi connectivity index (χ1n) is 6.67. The molecule has 0 aliphatic rings. The quantitative estimate of drug-likeness (QED) is 0.758. The summed E-state index contributed by atoms with van der Waals surface area (Å²) >= 11 is 0. The molecule has 4 N–H and O–H groups in total. The molecule has 0 aromatic heterocycles. The minimum absolute atomic E-state index is 0.273. The molecular weight excluding hydrogens is 272 g/mol. The van der Waals surface area contributed by atoms with Gasteiger partial charge in [-0.25, -0.2) is 4.79 Å². The third-order valence-corrected chi connectivity index (χ3v) is 2.99. The molecule has 21 heavy (non-hydrogen) atoms. The van der Waals surface area contributed by atoms with Gasteiger partial charge in [-0.05, 0) is 11.0 Å². The van der Waals surface area contributed by atoms with Crippen molar-refractivity contribution in [2.75, 3.05) is 0 Å². The molecule has 0 bridgehead atoms. The molecule has 0 aliphatic carbocycles. The number of nitrogens with two attached hydrogens (primary N) is 1. The van der Waals surface area contributed by atoms with Gasteiger partial charge in [0.1, 0.15) is 6.10 Å². The van der Waals surface area contributed by atoms with Crippen molar-refractivity contribution in [3.8, 4) is 0 Å². The molecule has 2 atom stereocenters. The first-order chi connectivity index (χ1) is 9.71. The van der Waals surface area contributed by atoms with Crippen LogP contribution in [0.25, 0.3) is 0 Å². The van der Waals surface area contributed by atoms with Gasteiger partial charge >= 0.3 is 6.09 Å². The smallest absolute Gasteiger partial charge is 0.405 e. The SMILES string of the molecule is CC(C)(C)C(O)C(OC(N)=O)C(=O)NCc1ccccc1. The average Bonchev–Trinajstić information content (AvgIpc) is 2.41. The Kier molecular flexibility index (Phi) is 5.72. The van der Waals surface area contributed by atoms with Crippen LogP contribution in [0.15, 0.2) is 30.3 Å². The number of hydrogen-bond acceptors (Lipinski definition) is 4. The van der Waals surface area contributed by atoms with E-state index in [1.54, 1.807) is 20.8 Å². The van der Waals surface area contributed by atoms with E-state index in [0.717, 1.165) is 5.56 Å². The lowest BCUT2D eigenvalue weighted by Gasteiger charge is -2.31. The topological polar surface area (TPSA) is 102 Å². The average molecular weight is 294 g/mol. The molecule has 0 saturated carbocycles. The molecule has 6 nitrogen and oxygen atoms in total. The maximum atomic E-state index is 12.1. The zero-order chi connectivity index (χ0) is 16.0. The second-order valence-corrected chi connectivity index (χ2v) is 5.87. The monoisotopic (exact) mass is 294 g/mol. The molecule has 1 aromatic carbocycles. The highest BCUT2D eigenvalue weighted by atomic mass is 16.6. The van der Waals surface area contributed by atoms with E-state index in [1.807, 2.05) is 30.3 Å².